The lowest BCUT2D eigenvalue weighted by Crippen LogP contribution is -2.65. The largest absolute Gasteiger partial charge is 0.506 e. The number of rotatable bonds is 13. The molecule has 0 saturated carbocycles. The number of aliphatic hydroxyl groups excluding tert-OH is 13. The zero-order valence-corrected chi connectivity index (χ0v) is 33.9. The Morgan fingerprint density at radius 3 is 1.62 bits per heavy atom. The normalized spacial score (nSPS) is 40.7. The van der Waals surface area contributed by atoms with Gasteiger partial charge in [-0.3, -0.25) is 0 Å². The Labute approximate surface area is 360 Å². The molecule has 0 aliphatic carbocycles. The number of aryl methyl sites for hydroxylation is 1. The van der Waals surface area contributed by atoms with Crippen molar-refractivity contribution in [2.75, 3.05) is 33.5 Å². The van der Waals surface area contributed by atoms with Crippen molar-refractivity contribution in [2.24, 2.45) is 0 Å². The monoisotopic (exact) mass is 920 g/mol. The molecular formula is C39H52O25. The van der Waals surface area contributed by atoms with Gasteiger partial charge in [-0.1, -0.05) is 0 Å². The van der Waals surface area contributed by atoms with Crippen LogP contribution in [-0.2, 0) is 33.2 Å². The second-order valence-electron chi connectivity index (χ2n) is 15.9. The molecule has 0 radical (unpaired) electrons. The summed E-state index contributed by atoms with van der Waals surface area (Å²) in [6.45, 7) is -1.62. The van der Waals surface area contributed by atoms with E-state index in [1.807, 2.05) is 0 Å². The maximum atomic E-state index is 12.8. The molecule has 20 atom stereocenters. The number of phenolic OH excluding ortho intramolecular Hbond substituents is 1. The van der Waals surface area contributed by atoms with Crippen LogP contribution in [0, 0.1) is 6.92 Å². The number of hydrogen-bond donors (Lipinski definition) is 14. The first-order valence-corrected chi connectivity index (χ1v) is 20.0. The molecule has 64 heavy (non-hydrogen) atoms. The number of phenols is 1. The summed E-state index contributed by atoms with van der Waals surface area (Å²) >= 11 is 0. The first kappa shape index (κ1) is 48.4. The van der Waals surface area contributed by atoms with Crippen LogP contribution < -0.4 is 15.1 Å². The highest BCUT2D eigenvalue weighted by molar-refractivity contribution is 6.07. The van der Waals surface area contributed by atoms with E-state index in [-0.39, 0.29) is 28.0 Å². The highest BCUT2D eigenvalue weighted by Crippen LogP contribution is 2.42. The molecule has 0 amide bonds. The van der Waals surface area contributed by atoms with E-state index in [2.05, 4.69) is 0 Å². The molecular weight excluding hydrogens is 868 g/mol. The maximum Gasteiger partial charge on any atom is 0.347 e. The van der Waals surface area contributed by atoms with Crippen molar-refractivity contribution in [1.29, 1.82) is 0 Å². The third-order valence-corrected chi connectivity index (χ3v) is 11.6. The van der Waals surface area contributed by atoms with Gasteiger partial charge in [-0.15, -0.1) is 0 Å². The summed E-state index contributed by atoms with van der Waals surface area (Å²) < 4.78 is 55.5. The lowest BCUT2D eigenvalue weighted by molar-refractivity contribution is -0.366. The van der Waals surface area contributed by atoms with Crippen molar-refractivity contribution in [3.63, 3.8) is 0 Å². The summed E-state index contributed by atoms with van der Waals surface area (Å²) in [6, 6.07) is 5.95. The summed E-state index contributed by atoms with van der Waals surface area (Å²) in [5.41, 5.74) is -0.845. The van der Waals surface area contributed by atoms with Crippen LogP contribution in [0.4, 0.5) is 0 Å². The van der Waals surface area contributed by atoms with Crippen LogP contribution in [0.25, 0.3) is 21.5 Å². The van der Waals surface area contributed by atoms with Crippen LogP contribution in [0.5, 0.6) is 17.2 Å². The number of hydrogen-bond acceptors (Lipinski definition) is 25. The lowest BCUT2D eigenvalue weighted by atomic mass is 9.96. The highest BCUT2D eigenvalue weighted by Gasteiger charge is 2.52. The Bertz CT molecular complexity index is 2120. The molecule has 4 aliphatic heterocycles. The SMILES string of the molecule is COc1cc(O[C@@H]2O[C@H](CO[C@@H]3O[C@H](CO[C@@H]4O[C@H](CO)[C@@H](O)[C@H](O[C@@H]5O[C@H](CO)[C@@H](O)[C@H](O)[C@H]5O)[C@H]4O)[C@@H](O)[C@H](O)[C@H]3O)[C@@H](O)[C@H](O)[C@H]2O)c2c(O)c3c(=O)oc(C)cc3cc2c1. The van der Waals surface area contributed by atoms with E-state index in [1.165, 1.54) is 25.3 Å². The van der Waals surface area contributed by atoms with Crippen LogP contribution in [0.15, 0.2) is 33.5 Å². The van der Waals surface area contributed by atoms with Crippen LogP contribution in [0.2, 0.25) is 0 Å². The van der Waals surface area contributed by atoms with Gasteiger partial charge in [-0.2, -0.15) is 0 Å². The van der Waals surface area contributed by atoms with E-state index >= 15 is 0 Å². The summed E-state index contributed by atoms with van der Waals surface area (Å²) in [7, 11) is 1.35. The third-order valence-electron chi connectivity index (χ3n) is 11.6. The fourth-order valence-corrected chi connectivity index (χ4v) is 8.00. The summed E-state index contributed by atoms with van der Waals surface area (Å²) in [5, 5.41) is 149. The molecule has 0 unspecified atom stereocenters. The maximum absolute atomic E-state index is 12.8. The first-order valence-electron chi connectivity index (χ1n) is 20.0. The molecule has 2 aromatic carbocycles. The number of benzene rings is 2. The van der Waals surface area contributed by atoms with Crippen molar-refractivity contribution in [3.05, 3.63) is 40.4 Å². The van der Waals surface area contributed by atoms with Crippen molar-refractivity contribution in [3.8, 4) is 17.2 Å². The Hall–Kier alpha value is -3.49. The minimum Gasteiger partial charge on any atom is -0.506 e. The number of aliphatic hydroxyl groups is 13. The quantitative estimate of drug-likeness (QED) is 0.0709. The molecule has 25 heteroatoms. The molecule has 25 nitrogen and oxygen atoms in total. The minimum atomic E-state index is -1.98. The van der Waals surface area contributed by atoms with E-state index in [9.17, 15) is 76.3 Å². The van der Waals surface area contributed by atoms with Gasteiger partial charge in [0.2, 0.25) is 6.29 Å². The molecule has 7 rings (SSSR count). The number of ether oxygens (including phenoxy) is 9. The van der Waals surface area contributed by atoms with Gasteiger partial charge in [0.15, 0.2) is 18.9 Å². The number of fused-ring (bicyclic) bond motifs is 2. The predicted octanol–water partition coefficient (Wildman–Crippen LogP) is -6.38. The van der Waals surface area contributed by atoms with E-state index in [0.29, 0.717) is 10.8 Å². The topological polar surface area (TPSA) is 397 Å². The number of aromatic hydroxyl groups is 1. The third kappa shape index (κ3) is 9.27. The molecule has 4 aliphatic rings. The fraction of sp³-hybridized carbons (Fsp3) is 0.667. The van der Waals surface area contributed by atoms with Crippen molar-refractivity contribution < 1.29 is 119 Å². The first-order chi connectivity index (χ1) is 30.4. The minimum absolute atomic E-state index is 0.0285. The van der Waals surface area contributed by atoms with Gasteiger partial charge < -0.3 is 119 Å². The molecule has 3 aromatic rings. The van der Waals surface area contributed by atoms with Gasteiger partial charge in [0.05, 0.1) is 38.9 Å². The Morgan fingerprint density at radius 1 is 0.547 bits per heavy atom. The van der Waals surface area contributed by atoms with Gasteiger partial charge in [0.1, 0.15) is 126 Å². The standard InChI is InChI=1S/C39H52O25/c1-11-3-12-4-13-5-14(55-2)6-15(20(13)26(46)21(12)35(54)58-11)59-38-31(51)29(49)24(44)19(63-38)10-56-36-30(50)28(48)23(43)18(62-36)9-57-37-33(53)34(25(45)17(8-41)60-37)64-39-32(52)27(47)22(42)16(7-40)61-39/h3-6,16-19,22-25,27-34,36-53H,7-10H2,1-2H3/t16-,17-,18-,19-,22-,23-,24-,25-,27+,28+,29+,30-,31-,32-,33-,34+,36-,37-,38-,39+/m1/s1. The van der Waals surface area contributed by atoms with Crippen LogP contribution in [-0.4, -0.2) is 228 Å². The highest BCUT2D eigenvalue weighted by atomic mass is 16.8. The average molecular weight is 921 g/mol. The molecule has 0 bridgehead atoms. The Kier molecular flexibility index (Phi) is 15.0. The van der Waals surface area contributed by atoms with Gasteiger partial charge in [-0.05, 0) is 35.9 Å². The van der Waals surface area contributed by atoms with E-state index in [1.54, 1.807) is 13.0 Å². The molecule has 14 N–H and O–H groups in total. The zero-order valence-electron chi connectivity index (χ0n) is 33.9. The van der Waals surface area contributed by atoms with Gasteiger partial charge in [0.25, 0.3) is 0 Å². The van der Waals surface area contributed by atoms with Crippen molar-refractivity contribution >= 4 is 21.5 Å². The Morgan fingerprint density at radius 2 is 1.03 bits per heavy atom. The molecule has 1 aromatic heterocycles. The van der Waals surface area contributed by atoms with E-state index in [0.717, 1.165) is 0 Å². The summed E-state index contributed by atoms with van der Waals surface area (Å²) in [4.78, 5) is 12.8. The van der Waals surface area contributed by atoms with Gasteiger partial charge >= 0.3 is 5.63 Å². The molecule has 5 heterocycles. The van der Waals surface area contributed by atoms with Gasteiger partial charge in [0, 0.05) is 6.07 Å². The molecule has 0 spiro atoms. The van der Waals surface area contributed by atoms with Crippen LogP contribution in [0.1, 0.15) is 5.76 Å². The van der Waals surface area contributed by atoms with Crippen LogP contribution >= 0.6 is 0 Å². The second-order valence-corrected chi connectivity index (χ2v) is 15.9. The van der Waals surface area contributed by atoms with Gasteiger partial charge in [-0.25, -0.2) is 4.79 Å². The Balaban J connectivity index is 1.03. The fourth-order valence-electron chi connectivity index (χ4n) is 8.00. The predicted molar refractivity (Wildman–Crippen MR) is 205 cm³/mol. The van der Waals surface area contributed by atoms with Crippen molar-refractivity contribution in [2.45, 2.75) is 130 Å². The summed E-state index contributed by atoms with van der Waals surface area (Å²) in [6.07, 6.45) is -36.0. The lowest BCUT2D eigenvalue weighted by Gasteiger charge is -2.46. The van der Waals surface area contributed by atoms with Crippen molar-refractivity contribution in [1.82, 2.24) is 0 Å². The smallest absolute Gasteiger partial charge is 0.347 e. The van der Waals surface area contributed by atoms with E-state index in [4.69, 9.17) is 47.0 Å². The molecule has 4 saturated heterocycles. The average Bonchev–Trinajstić information content (AvgIpc) is 3.26. The number of methoxy groups -OCH3 is 1. The molecule has 358 valence electrons. The summed E-state index contributed by atoms with van der Waals surface area (Å²) in [5.74, 6) is -0.234. The molecule has 4 fully saturated rings. The van der Waals surface area contributed by atoms with E-state index < -0.39 is 161 Å². The van der Waals surface area contributed by atoms with Crippen LogP contribution in [0.3, 0.4) is 0 Å². The zero-order chi connectivity index (χ0) is 46.5. The second kappa shape index (κ2) is 19.8.